The Morgan fingerprint density at radius 2 is 2.08 bits per heavy atom. The Kier molecular flexibility index (Phi) is 4.98. The van der Waals surface area contributed by atoms with E-state index in [2.05, 4.69) is 41.6 Å². The molecule has 2 fully saturated rings. The topological polar surface area (TPSA) is 98.2 Å². The van der Waals surface area contributed by atoms with Gasteiger partial charge in [-0.1, -0.05) is 0 Å². The summed E-state index contributed by atoms with van der Waals surface area (Å²) in [5.41, 5.74) is 5.81. The molecule has 1 atom stereocenters. The van der Waals surface area contributed by atoms with Crippen LogP contribution in [0.4, 0.5) is 11.8 Å². The lowest BCUT2D eigenvalue weighted by Gasteiger charge is -2.32. The van der Waals surface area contributed by atoms with Crippen molar-refractivity contribution in [3.63, 3.8) is 0 Å². The molecule has 9 heteroatoms. The van der Waals surface area contributed by atoms with Gasteiger partial charge in [0.15, 0.2) is 0 Å². The minimum absolute atomic E-state index is 0.324. The second kappa shape index (κ2) is 7.55. The number of nitrogen functional groups attached to an aromatic ring is 1. The summed E-state index contributed by atoms with van der Waals surface area (Å²) in [6.07, 6.45) is 3.89. The highest BCUT2D eigenvalue weighted by molar-refractivity contribution is 5.38. The van der Waals surface area contributed by atoms with Gasteiger partial charge in [-0.05, 0) is 18.9 Å². The molecule has 2 saturated heterocycles. The van der Waals surface area contributed by atoms with Crippen LogP contribution in [-0.4, -0.2) is 69.0 Å². The summed E-state index contributed by atoms with van der Waals surface area (Å²) in [5, 5.41) is 8.97. The quantitative estimate of drug-likeness (QED) is 0.839. The molecule has 0 spiro atoms. The van der Waals surface area contributed by atoms with Gasteiger partial charge in [-0.2, -0.15) is 4.98 Å². The van der Waals surface area contributed by atoms with Crippen LogP contribution in [-0.2, 0) is 18.3 Å². The van der Waals surface area contributed by atoms with E-state index in [-0.39, 0.29) is 0 Å². The van der Waals surface area contributed by atoms with Gasteiger partial charge in [-0.15, -0.1) is 10.2 Å². The number of morpholine rings is 1. The van der Waals surface area contributed by atoms with E-state index in [1.807, 2.05) is 0 Å². The van der Waals surface area contributed by atoms with E-state index in [4.69, 9.17) is 10.5 Å². The molecule has 9 nitrogen and oxygen atoms in total. The average molecular weight is 358 g/mol. The van der Waals surface area contributed by atoms with Gasteiger partial charge in [0.1, 0.15) is 17.5 Å². The van der Waals surface area contributed by atoms with Gasteiger partial charge in [0.25, 0.3) is 0 Å². The van der Waals surface area contributed by atoms with E-state index < -0.39 is 0 Å². The number of ether oxygens (including phenoxy) is 1. The summed E-state index contributed by atoms with van der Waals surface area (Å²) in [5.74, 6) is 3.58. The van der Waals surface area contributed by atoms with Gasteiger partial charge in [-0.25, -0.2) is 4.98 Å². The Morgan fingerprint density at radius 1 is 1.23 bits per heavy atom. The smallest absolute Gasteiger partial charge is 0.227 e. The molecule has 4 rings (SSSR count). The maximum Gasteiger partial charge on any atom is 0.227 e. The van der Waals surface area contributed by atoms with Gasteiger partial charge < -0.3 is 19.9 Å². The zero-order valence-corrected chi connectivity index (χ0v) is 15.2. The molecule has 2 aliphatic rings. The van der Waals surface area contributed by atoms with E-state index >= 15 is 0 Å². The number of piperidine rings is 1. The van der Waals surface area contributed by atoms with E-state index in [9.17, 15) is 0 Å². The second-order valence-corrected chi connectivity index (χ2v) is 6.99. The van der Waals surface area contributed by atoms with Crippen molar-refractivity contribution < 1.29 is 4.74 Å². The average Bonchev–Trinajstić information content (AvgIpc) is 3.03. The van der Waals surface area contributed by atoms with Crippen molar-refractivity contribution in [2.75, 3.05) is 50.0 Å². The van der Waals surface area contributed by atoms with Crippen molar-refractivity contribution >= 4 is 11.8 Å². The first-order chi connectivity index (χ1) is 12.7. The Hall–Kier alpha value is -2.26. The lowest BCUT2D eigenvalue weighted by Crippen LogP contribution is -2.37. The van der Waals surface area contributed by atoms with Gasteiger partial charge in [-0.3, -0.25) is 4.90 Å². The van der Waals surface area contributed by atoms with Crippen molar-refractivity contribution in [3.8, 4) is 0 Å². The zero-order chi connectivity index (χ0) is 17.9. The lowest BCUT2D eigenvalue weighted by molar-refractivity contribution is 0.0326. The maximum absolute atomic E-state index is 5.81. The summed E-state index contributed by atoms with van der Waals surface area (Å²) >= 11 is 0. The van der Waals surface area contributed by atoms with Crippen LogP contribution < -0.4 is 10.6 Å². The van der Waals surface area contributed by atoms with Crippen LogP contribution >= 0.6 is 0 Å². The third kappa shape index (κ3) is 3.63. The van der Waals surface area contributed by atoms with E-state index in [0.29, 0.717) is 17.7 Å². The minimum atomic E-state index is 0.324. The van der Waals surface area contributed by atoms with Crippen molar-refractivity contribution in [1.82, 2.24) is 29.6 Å². The molecular weight excluding hydrogens is 332 g/mol. The molecular formula is C17H26N8O. The number of nitrogens with zero attached hydrogens (tertiary/aromatic N) is 7. The molecule has 0 bridgehead atoms. The number of anilines is 2. The summed E-state index contributed by atoms with van der Waals surface area (Å²) < 4.78 is 7.58. The van der Waals surface area contributed by atoms with Crippen LogP contribution in [0.15, 0.2) is 12.3 Å². The molecule has 4 heterocycles. The van der Waals surface area contributed by atoms with Crippen molar-refractivity contribution in [2.24, 2.45) is 7.05 Å². The maximum atomic E-state index is 5.81. The SMILES string of the molecule is Cn1c(CN2CCOCC2)nnc1C1CCCN(c2nccc(N)n2)C1. The highest BCUT2D eigenvalue weighted by atomic mass is 16.5. The second-order valence-electron chi connectivity index (χ2n) is 6.99. The van der Waals surface area contributed by atoms with Crippen LogP contribution in [0.2, 0.25) is 0 Å². The predicted molar refractivity (Wildman–Crippen MR) is 97.7 cm³/mol. The third-order valence-corrected chi connectivity index (χ3v) is 5.20. The summed E-state index contributed by atoms with van der Waals surface area (Å²) in [7, 11) is 2.07. The third-order valence-electron chi connectivity index (χ3n) is 5.20. The Labute approximate surface area is 153 Å². The first kappa shape index (κ1) is 17.2. The Morgan fingerprint density at radius 3 is 2.88 bits per heavy atom. The normalized spacial score (nSPS) is 21.9. The predicted octanol–water partition coefficient (Wildman–Crippen LogP) is 0.404. The highest BCUT2D eigenvalue weighted by Crippen LogP contribution is 2.28. The van der Waals surface area contributed by atoms with E-state index in [0.717, 1.165) is 70.4 Å². The number of nitrogens with two attached hydrogens (primary N) is 1. The van der Waals surface area contributed by atoms with Crippen LogP contribution in [0, 0.1) is 0 Å². The Bertz CT molecular complexity index is 742. The van der Waals surface area contributed by atoms with E-state index in [1.54, 1.807) is 12.3 Å². The van der Waals surface area contributed by atoms with Crippen molar-refractivity contribution in [3.05, 3.63) is 23.9 Å². The molecule has 1 unspecified atom stereocenters. The lowest BCUT2D eigenvalue weighted by atomic mass is 9.97. The minimum Gasteiger partial charge on any atom is -0.384 e. The fourth-order valence-electron chi connectivity index (χ4n) is 3.71. The molecule has 2 aromatic rings. The molecule has 0 aromatic carbocycles. The number of rotatable bonds is 4. The van der Waals surface area contributed by atoms with Crippen molar-refractivity contribution in [2.45, 2.75) is 25.3 Å². The fourth-order valence-corrected chi connectivity index (χ4v) is 3.71. The van der Waals surface area contributed by atoms with Gasteiger partial charge in [0, 0.05) is 45.3 Å². The summed E-state index contributed by atoms with van der Waals surface area (Å²) in [6.45, 7) is 6.09. The molecule has 0 amide bonds. The number of hydrogen-bond acceptors (Lipinski definition) is 8. The summed E-state index contributed by atoms with van der Waals surface area (Å²) in [6, 6.07) is 1.71. The van der Waals surface area contributed by atoms with E-state index in [1.165, 1.54) is 0 Å². The molecule has 0 saturated carbocycles. The molecule has 26 heavy (non-hydrogen) atoms. The van der Waals surface area contributed by atoms with Crippen molar-refractivity contribution in [1.29, 1.82) is 0 Å². The number of aromatic nitrogens is 5. The highest BCUT2D eigenvalue weighted by Gasteiger charge is 2.27. The molecule has 2 aliphatic heterocycles. The van der Waals surface area contributed by atoms with Gasteiger partial charge in [0.2, 0.25) is 5.95 Å². The van der Waals surface area contributed by atoms with Gasteiger partial charge >= 0.3 is 0 Å². The zero-order valence-electron chi connectivity index (χ0n) is 15.2. The molecule has 0 aliphatic carbocycles. The fraction of sp³-hybridized carbons (Fsp3) is 0.647. The number of hydrogen-bond donors (Lipinski definition) is 1. The first-order valence-electron chi connectivity index (χ1n) is 9.22. The van der Waals surface area contributed by atoms with Crippen LogP contribution in [0.5, 0.6) is 0 Å². The monoisotopic (exact) mass is 358 g/mol. The molecule has 0 radical (unpaired) electrons. The standard InChI is InChI=1S/C17H26N8O/c1-23-15(12-24-7-9-26-10-8-24)21-22-16(23)13-3-2-6-25(11-13)17-19-5-4-14(18)20-17/h4-5,13H,2-3,6-12H2,1H3,(H2,18,19,20). The van der Waals surface area contributed by atoms with Crippen LogP contribution in [0.3, 0.4) is 0 Å². The van der Waals surface area contributed by atoms with Crippen LogP contribution in [0.1, 0.15) is 30.4 Å². The largest absolute Gasteiger partial charge is 0.384 e. The molecule has 2 N–H and O–H groups in total. The first-order valence-corrected chi connectivity index (χ1v) is 9.22. The van der Waals surface area contributed by atoms with Gasteiger partial charge in [0.05, 0.1) is 19.8 Å². The summed E-state index contributed by atoms with van der Waals surface area (Å²) in [4.78, 5) is 13.3. The van der Waals surface area contributed by atoms with Crippen LogP contribution in [0.25, 0.3) is 0 Å². The Balaban J connectivity index is 1.46. The molecule has 140 valence electrons. The molecule has 2 aromatic heterocycles.